The topological polar surface area (TPSA) is 67.8 Å². The van der Waals surface area contributed by atoms with Crippen molar-refractivity contribution in [3.8, 4) is 0 Å². The number of thiophene rings is 1. The highest BCUT2D eigenvalue weighted by Gasteiger charge is 2.23. The van der Waals surface area contributed by atoms with E-state index >= 15 is 0 Å². The summed E-state index contributed by atoms with van der Waals surface area (Å²) < 4.78 is 1.55. The first kappa shape index (κ1) is 18.0. The SMILES string of the molecule is Cc1sc2nc(SC(C)C(=O)c3c[nH]c4ccccc34)n(C)c(=O)c2c1C. The number of thioether (sulfide) groups is 1. The molecule has 3 aromatic heterocycles. The van der Waals surface area contributed by atoms with Crippen LogP contribution in [0.25, 0.3) is 21.1 Å². The molecule has 1 aromatic carbocycles. The average Bonchev–Trinajstić information content (AvgIpc) is 3.20. The standard InChI is InChI=1S/C20H19N3O2S2/c1-10-11(2)26-18-16(10)19(25)23(4)20(22-18)27-12(3)17(24)14-9-21-15-8-6-5-7-13(14)15/h5-9,12,21H,1-4H3. The van der Waals surface area contributed by atoms with Crippen molar-refractivity contribution in [2.75, 3.05) is 0 Å². The molecule has 4 rings (SSSR count). The number of carbonyl (C=O) groups excluding carboxylic acids is 1. The number of para-hydroxylation sites is 1. The van der Waals surface area contributed by atoms with E-state index in [1.807, 2.05) is 45.0 Å². The van der Waals surface area contributed by atoms with Crippen molar-refractivity contribution < 1.29 is 4.79 Å². The average molecular weight is 398 g/mol. The molecule has 0 bridgehead atoms. The molecule has 0 saturated heterocycles. The number of fused-ring (bicyclic) bond motifs is 2. The molecule has 7 heteroatoms. The quantitative estimate of drug-likeness (QED) is 0.314. The van der Waals surface area contributed by atoms with Gasteiger partial charge in [0.05, 0.1) is 10.6 Å². The van der Waals surface area contributed by atoms with Crippen molar-refractivity contribution in [3.63, 3.8) is 0 Å². The van der Waals surface area contributed by atoms with E-state index in [4.69, 9.17) is 0 Å². The molecule has 0 radical (unpaired) electrons. The molecule has 0 aliphatic rings. The van der Waals surface area contributed by atoms with Crippen LogP contribution in [0.4, 0.5) is 0 Å². The molecule has 0 spiro atoms. The summed E-state index contributed by atoms with van der Waals surface area (Å²) in [5, 5.41) is 1.80. The molecule has 3 heterocycles. The van der Waals surface area contributed by atoms with Gasteiger partial charge in [-0.25, -0.2) is 4.98 Å². The van der Waals surface area contributed by atoms with Gasteiger partial charge in [0.15, 0.2) is 10.9 Å². The van der Waals surface area contributed by atoms with Gasteiger partial charge in [0.2, 0.25) is 0 Å². The van der Waals surface area contributed by atoms with E-state index in [9.17, 15) is 9.59 Å². The van der Waals surface area contributed by atoms with Gasteiger partial charge in [0, 0.05) is 34.6 Å². The number of aromatic nitrogens is 3. The van der Waals surface area contributed by atoms with Gasteiger partial charge < -0.3 is 4.98 Å². The number of aryl methyl sites for hydroxylation is 2. The Morgan fingerprint density at radius 1 is 1.30 bits per heavy atom. The second-order valence-corrected chi connectivity index (χ2v) is 9.11. The van der Waals surface area contributed by atoms with Gasteiger partial charge >= 0.3 is 0 Å². The molecule has 5 nitrogen and oxygen atoms in total. The molecule has 4 aromatic rings. The number of rotatable bonds is 4. The van der Waals surface area contributed by atoms with Crippen LogP contribution in [0.15, 0.2) is 40.4 Å². The van der Waals surface area contributed by atoms with E-state index in [0.717, 1.165) is 26.2 Å². The van der Waals surface area contributed by atoms with E-state index in [1.165, 1.54) is 23.1 Å². The second-order valence-electron chi connectivity index (χ2n) is 6.59. The van der Waals surface area contributed by atoms with Gasteiger partial charge in [-0.05, 0) is 32.4 Å². The van der Waals surface area contributed by atoms with Gasteiger partial charge in [0.25, 0.3) is 5.56 Å². The van der Waals surface area contributed by atoms with Gasteiger partial charge in [-0.2, -0.15) is 0 Å². The number of ketones is 1. The number of H-pyrrole nitrogens is 1. The fourth-order valence-electron chi connectivity index (χ4n) is 3.17. The molecule has 0 saturated carbocycles. The van der Waals surface area contributed by atoms with Crippen LogP contribution in [0, 0.1) is 13.8 Å². The zero-order valence-corrected chi connectivity index (χ0v) is 17.1. The first-order valence-corrected chi connectivity index (χ1v) is 10.3. The van der Waals surface area contributed by atoms with Crippen molar-refractivity contribution in [2.45, 2.75) is 31.2 Å². The summed E-state index contributed by atoms with van der Waals surface area (Å²) >= 11 is 2.85. The summed E-state index contributed by atoms with van der Waals surface area (Å²) in [5.74, 6) is 0.0188. The normalized spacial score (nSPS) is 12.7. The van der Waals surface area contributed by atoms with Crippen LogP contribution in [-0.4, -0.2) is 25.6 Å². The summed E-state index contributed by atoms with van der Waals surface area (Å²) in [5.41, 5.74) is 2.53. The summed E-state index contributed by atoms with van der Waals surface area (Å²) in [6.07, 6.45) is 1.76. The van der Waals surface area contributed by atoms with Crippen LogP contribution in [0.1, 0.15) is 27.7 Å². The first-order chi connectivity index (χ1) is 12.9. The molecule has 1 N–H and O–H groups in total. The minimum absolute atomic E-state index is 0.0188. The van der Waals surface area contributed by atoms with Crippen molar-refractivity contribution in [3.05, 3.63) is 56.8 Å². The number of benzene rings is 1. The zero-order chi connectivity index (χ0) is 19.3. The van der Waals surface area contributed by atoms with E-state index in [0.29, 0.717) is 16.1 Å². The van der Waals surface area contributed by atoms with Crippen LogP contribution in [0.5, 0.6) is 0 Å². The van der Waals surface area contributed by atoms with E-state index in [2.05, 4.69) is 9.97 Å². The summed E-state index contributed by atoms with van der Waals surface area (Å²) in [6.45, 7) is 5.81. The van der Waals surface area contributed by atoms with Crippen LogP contribution in [0.3, 0.4) is 0 Å². The molecule has 1 atom stereocenters. The lowest BCUT2D eigenvalue weighted by Crippen LogP contribution is -2.22. The minimum atomic E-state index is -0.359. The molecule has 0 amide bonds. The smallest absolute Gasteiger partial charge is 0.262 e. The number of hydrogen-bond donors (Lipinski definition) is 1. The van der Waals surface area contributed by atoms with Gasteiger partial charge in [-0.1, -0.05) is 30.0 Å². The predicted octanol–water partition coefficient (Wildman–Crippen LogP) is 4.46. The summed E-state index contributed by atoms with van der Waals surface area (Å²) in [6, 6.07) is 7.74. The highest BCUT2D eigenvalue weighted by molar-refractivity contribution is 8.00. The van der Waals surface area contributed by atoms with Crippen LogP contribution in [-0.2, 0) is 7.05 Å². The molecule has 0 aliphatic carbocycles. The Morgan fingerprint density at radius 2 is 2.04 bits per heavy atom. The lowest BCUT2D eigenvalue weighted by atomic mass is 10.1. The number of aromatic amines is 1. The maximum absolute atomic E-state index is 13.0. The van der Waals surface area contributed by atoms with Crippen LogP contribution in [0.2, 0.25) is 0 Å². The molecule has 138 valence electrons. The van der Waals surface area contributed by atoms with Crippen molar-refractivity contribution in [1.29, 1.82) is 0 Å². The van der Waals surface area contributed by atoms with E-state index in [1.54, 1.807) is 17.8 Å². The fraction of sp³-hybridized carbons (Fsp3) is 0.250. The Morgan fingerprint density at radius 3 is 2.81 bits per heavy atom. The van der Waals surface area contributed by atoms with Gasteiger partial charge in [0.1, 0.15) is 4.83 Å². The number of Topliss-reactive ketones (excluding diaryl/α,β-unsaturated/α-hetero) is 1. The van der Waals surface area contributed by atoms with Crippen molar-refractivity contribution in [1.82, 2.24) is 14.5 Å². The van der Waals surface area contributed by atoms with Crippen molar-refractivity contribution in [2.24, 2.45) is 7.05 Å². The summed E-state index contributed by atoms with van der Waals surface area (Å²) in [4.78, 5) is 35.4. The van der Waals surface area contributed by atoms with Gasteiger partial charge in [-0.15, -0.1) is 11.3 Å². The largest absolute Gasteiger partial charge is 0.360 e. The van der Waals surface area contributed by atoms with Crippen molar-refractivity contribution >= 4 is 50.0 Å². The zero-order valence-electron chi connectivity index (χ0n) is 15.5. The Kier molecular flexibility index (Phi) is 4.44. The molecular weight excluding hydrogens is 378 g/mol. The number of hydrogen-bond acceptors (Lipinski definition) is 5. The molecule has 0 fully saturated rings. The van der Waals surface area contributed by atoms with Crippen LogP contribution >= 0.6 is 23.1 Å². The second kappa shape index (κ2) is 6.65. The predicted molar refractivity (Wildman–Crippen MR) is 112 cm³/mol. The molecule has 0 aliphatic heterocycles. The van der Waals surface area contributed by atoms with E-state index < -0.39 is 0 Å². The van der Waals surface area contributed by atoms with Crippen LogP contribution < -0.4 is 5.56 Å². The Balaban J connectivity index is 1.70. The number of carbonyl (C=O) groups is 1. The maximum Gasteiger partial charge on any atom is 0.262 e. The summed E-state index contributed by atoms with van der Waals surface area (Å²) in [7, 11) is 1.71. The first-order valence-electron chi connectivity index (χ1n) is 8.62. The third-order valence-corrected chi connectivity index (χ3v) is 7.12. The maximum atomic E-state index is 13.0. The minimum Gasteiger partial charge on any atom is -0.360 e. The molecule has 27 heavy (non-hydrogen) atoms. The Bertz CT molecular complexity index is 1250. The molecule has 1 unspecified atom stereocenters. The third-order valence-electron chi connectivity index (χ3n) is 4.88. The fourth-order valence-corrected chi connectivity index (χ4v) is 5.18. The molecular formula is C20H19N3O2S2. The monoisotopic (exact) mass is 397 g/mol. The van der Waals surface area contributed by atoms with Gasteiger partial charge in [-0.3, -0.25) is 14.2 Å². The lowest BCUT2D eigenvalue weighted by molar-refractivity contribution is 0.0995. The Hall–Kier alpha value is -2.38. The number of nitrogens with one attached hydrogen (secondary N) is 1. The lowest BCUT2D eigenvalue weighted by Gasteiger charge is -2.12. The highest BCUT2D eigenvalue weighted by Crippen LogP contribution is 2.31. The van der Waals surface area contributed by atoms with E-state index in [-0.39, 0.29) is 16.6 Å². The third kappa shape index (κ3) is 2.91. The highest BCUT2D eigenvalue weighted by atomic mass is 32.2. The number of nitrogens with zero attached hydrogens (tertiary/aromatic N) is 2. The Labute approximate surface area is 164 Å².